The third-order valence-corrected chi connectivity index (χ3v) is 1.84. The Hall–Kier alpha value is -1.26. The third kappa shape index (κ3) is 7.78. The monoisotopic (exact) mass is 216 g/mol. The Morgan fingerprint density at radius 1 is 1.33 bits per heavy atom. The first-order valence-electron chi connectivity index (χ1n) is 5.03. The number of hydrogen-bond acceptors (Lipinski definition) is 2. The zero-order valence-electron chi connectivity index (χ0n) is 9.76. The van der Waals surface area contributed by atoms with E-state index in [1.54, 1.807) is 13.8 Å². The predicted octanol–water partition coefficient (Wildman–Crippen LogP) is 1.34. The van der Waals surface area contributed by atoms with Crippen molar-refractivity contribution in [2.75, 3.05) is 0 Å². The maximum absolute atomic E-state index is 11.3. The normalized spacial score (nSPS) is 11.3. The molecule has 0 rings (SSSR count). The van der Waals surface area contributed by atoms with Crippen LogP contribution in [-0.2, 0) is 4.79 Å². The highest BCUT2D eigenvalue weighted by atomic mass is 16.4. The minimum absolute atomic E-state index is 0.0506. The molecule has 0 atom stereocenters. The summed E-state index contributed by atoms with van der Waals surface area (Å²) in [5.41, 5.74) is -0.503. The minimum atomic E-state index is -0.853. The van der Waals surface area contributed by atoms with Crippen LogP contribution in [0, 0.1) is 0 Å². The maximum atomic E-state index is 11.3. The average molecular weight is 216 g/mol. The summed E-state index contributed by atoms with van der Waals surface area (Å²) in [6.07, 6.45) is 0.461. The van der Waals surface area contributed by atoms with Crippen molar-refractivity contribution >= 4 is 12.0 Å². The van der Waals surface area contributed by atoms with Gasteiger partial charge in [-0.05, 0) is 34.1 Å². The van der Waals surface area contributed by atoms with E-state index >= 15 is 0 Å². The van der Waals surface area contributed by atoms with Crippen molar-refractivity contribution in [1.29, 1.82) is 0 Å². The molecule has 88 valence electrons. The minimum Gasteiger partial charge on any atom is -0.481 e. The molecule has 0 aliphatic heterocycles. The molecule has 0 aromatic heterocycles. The molecule has 2 amide bonds. The summed E-state index contributed by atoms with van der Waals surface area (Å²) in [6.45, 7) is 7.33. The zero-order chi connectivity index (χ0) is 12.1. The number of carboxylic acid groups (broad SMARTS) is 1. The Morgan fingerprint density at radius 3 is 2.27 bits per heavy atom. The van der Waals surface area contributed by atoms with E-state index in [1.807, 2.05) is 13.8 Å². The second-order valence-corrected chi connectivity index (χ2v) is 4.53. The molecule has 0 aliphatic rings. The summed E-state index contributed by atoms with van der Waals surface area (Å²) in [5.74, 6) is -0.853. The molecule has 0 unspecified atom stereocenters. The number of aliphatic carboxylic acids is 1. The summed E-state index contributed by atoms with van der Waals surface area (Å²) in [5, 5.41) is 13.9. The van der Waals surface area contributed by atoms with Gasteiger partial charge in [-0.2, -0.15) is 0 Å². The van der Waals surface area contributed by atoms with E-state index in [-0.39, 0.29) is 18.5 Å². The molecule has 0 heterocycles. The van der Waals surface area contributed by atoms with Crippen molar-refractivity contribution < 1.29 is 14.7 Å². The molecule has 0 aromatic carbocycles. The lowest BCUT2D eigenvalue weighted by molar-refractivity contribution is -0.137. The Morgan fingerprint density at radius 2 is 1.87 bits per heavy atom. The Bertz CT molecular complexity index is 237. The Labute approximate surface area is 90.2 Å². The summed E-state index contributed by atoms with van der Waals surface area (Å²) in [7, 11) is 0. The molecule has 0 saturated heterocycles. The van der Waals surface area contributed by atoms with E-state index in [4.69, 9.17) is 5.11 Å². The smallest absolute Gasteiger partial charge is 0.315 e. The van der Waals surface area contributed by atoms with Gasteiger partial charge >= 0.3 is 12.0 Å². The molecule has 0 aromatic rings. The van der Waals surface area contributed by atoms with Crippen molar-refractivity contribution in [2.45, 2.75) is 52.1 Å². The number of carbonyl (C=O) groups excluding carboxylic acids is 1. The van der Waals surface area contributed by atoms with Crippen LogP contribution in [-0.4, -0.2) is 28.7 Å². The lowest BCUT2D eigenvalue weighted by Gasteiger charge is -2.26. The van der Waals surface area contributed by atoms with Crippen LogP contribution in [0.15, 0.2) is 0 Å². The van der Waals surface area contributed by atoms with Crippen molar-refractivity contribution in [3.05, 3.63) is 0 Å². The SMILES string of the molecule is CC(C)NC(=O)NC(C)(C)CCC(=O)O. The lowest BCUT2D eigenvalue weighted by atomic mass is 9.99. The fourth-order valence-electron chi connectivity index (χ4n) is 1.09. The van der Waals surface area contributed by atoms with Crippen LogP contribution in [0.4, 0.5) is 4.79 Å². The van der Waals surface area contributed by atoms with Crippen molar-refractivity contribution in [3.63, 3.8) is 0 Å². The maximum Gasteiger partial charge on any atom is 0.315 e. The molecule has 0 aliphatic carbocycles. The van der Waals surface area contributed by atoms with Gasteiger partial charge in [0.25, 0.3) is 0 Å². The molecule has 0 radical (unpaired) electrons. The van der Waals surface area contributed by atoms with Crippen LogP contribution in [0.25, 0.3) is 0 Å². The second kappa shape index (κ2) is 5.58. The lowest BCUT2D eigenvalue weighted by Crippen LogP contribution is -2.50. The number of carboxylic acids is 1. The highest BCUT2D eigenvalue weighted by Gasteiger charge is 2.21. The standard InChI is InChI=1S/C10H20N2O3/c1-7(2)11-9(15)12-10(3,4)6-5-8(13)14/h7H,5-6H2,1-4H3,(H,13,14)(H2,11,12,15). The highest BCUT2D eigenvalue weighted by molar-refractivity contribution is 5.75. The van der Waals surface area contributed by atoms with Crippen LogP contribution in [0.5, 0.6) is 0 Å². The molecular weight excluding hydrogens is 196 g/mol. The van der Waals surface area contributed by atoms with Crippen molar-refractivity contribution in [2.24, 2.45) is 0 Å². The molecule has 0 saturated carbocycles. The number of carbonyl (C=O) groups is 2. The van der Waals surface area contributed by atoms with Gasteiger partial charge in [0.05, 0.1) is 0 Å². The quantitative estimate of drug-likeness (QED) is 0.649. The third-order valence-electron chi connectivity index (χ3n) is 1.84. The highest BCUT2D eigenvalue weighted by Crippen LogP contribution is 2.10. The van der Waals surface area contributed by atoms with E-state index in [2.05, 4.69) is 10.6 Å². The van der Waals surface area contributed by atoms with E-state index < -0.39 is 11.5 Å². The predicted molar refractivity (Wildman–Crippen MR) is 57.8 cm³/mol. The van der Waals surface area contributed by atoms with Crippen molar-refractivity contribution in [3.8, 4) is 0 Å². The fraction of sp³-hybridized carbons (Fsp3) is 0.800. The molecule has 3 N–H and O–H groups in total. The number of amides is 2. The molecular formula is C10H20N2O3. The van der Waals surface area contributed by atoms with Crippen LogP contribution in [0.2, 0.25) is 0 Å². The van der Waals surface area contributed by atoms with Gasteiger partial charge in [-0.1, -0.05) is 0 Å². The van der Waals surface area contributed by atoms with Gasteiger partial charge in [0, 0.05) is 18.0 Å². The molecule has 5 heteroatoms. The van der Waals surface area contributed by atoms with Crippen LogP contribution < -0.4 is 10.6 Å². The molecule has 5 nitrogen and oxygen atoms in total. The van der Waals surface area contributed by atoms with Gasteiger partial charge in [-0.15, -0.1) is 0 Å². The van der Waals surface area contributed by atoms with Crippen LogP contribution in [0.3, 0.4) is 0 Å². The number of rotatable bonds is 5. The van der Waals surface area contributed by atoms with Crippen LogP contribution >= 0.6 is 0 Å². The number of nitrogens with one attached hydrogen (secondary N) is 2. The number of urea groups is 1. The van der Waals surface area contributed by atoms with E-state index in [0.29, 0.717) is 6.42 Å². The van der Waals surface area contributed by atoms with Gasteiger partial charge in [0.15, 0.2) is 0 Å². The van der Waals surface area contributed by atoms with E-state index in [1.165, 1.54) is 0 Å². The summed E-state index contributed by atoms with van der Waals surface area (Å²) >= 11 is 0. The molecule has 0 fully saturated rings. The first-order chi connectivity index (χ1) is 6.73. The largest absolute Gasteiger partial charge is 0.481 e. The van der Waals surface area contributed by atoms with Gasteiger partial charge < -0.3 is 15.7 Å². The summed E-state index contributed by atoms with van der Waals surface area (Å²) in [6, 6.07) is -0.194. The molecule has 0 bridgehead atoms. The van der Waals surface area contributed by atoms with Gasteiger partial charge in [0.1, 0.15) is 0 Å². The fourth-order valence-corrected chi connectivity index (χ4v) is 1.09. The van der Waals surface area contributed by atoms with Crippen molar-refractivity contribution in [1.82, 2.24) is 10.6 Å². The zero-order valence-corrected chi connectivity index (χ0v) is 9.76. The molecule has 0 spiro atoms. The Balaban J connectivity index is 4.01. The number of hydrogen-bond donors (Lipinski definition) is 3. The summed E-state index contributed by atoms with van der Waals surface area (Å²) < 4.78 is 0. The summed E-state index contributed by atoms with van der Waals surface area (Å²) in [4.78, 5) is 21.7. The first-order valence-corrected chi connectivity index (χ1v) is 5.03. The Kier molecular flexibility index (Phi) is 5.11. The van der Waals surface area contributed by atoms with Gasteiger partial charge in [0.2, 0.25) is 0 Å². The average Bonchev–Trinajstić information content (AvgIpc) is 1.98. The first kappa shape index (κ1) is 13.7. The van der Waals surface area contributed by atoms with Gasteiger partial charge in [-0.25, -0.2) is 4.79 Å². The molecule has 15 heavy (non-hydrogen) atoms. The van der Waals surface area contributed by atoms with Crippen LogP contribution in [0.1, 0.15) is 40.5 Å². The van der Waals surface area contributed by atoms with E-state index in [0.717, 1.165) is 0 Å². The van der Waals surface area contributed by atoms with Gasteiger partial charge in [-0.3, -0.25) is 4.79 Å². The second-order valence-electron chi connectivity index (χ2n) is 4.53. The topological polar surface area (TPSA) is 78.4 Å². The van der Waals surface area contributed by atoms with E-state index in [9.17, 15) is 9.59 Å².